The van der Waals surface area contributed by atoms with Gasteiger partial charge < -0.3 is 25.5 Å². The molecule has 0 aromatic heterocycles. The summed E-state index contributed by atoms with van der Waals surface area (Å²) in [6, 6.07) is 0. The number of carbonyl (C=O) groups is 5. The predicted molar refractivity (Wildman–Crippen MR) is 217 cm³/mol. The number of carboxylic acids is 2. The maximum Gasteiger partial charge on any atom is 0.303 e. The van der Waals surface area contributed by atoms with Gasteiger partial charge in [0.1, 0.15) is 17.3 Å². The topological polar surface area (TPSA) is 186 Å². The number of carbonyl (C=O) groups excluding carboxylic acids is 3. The van der Waals surface area contributed by atoms with Gasteiger partial charge in [0, 0.05) is 49.9 Å². The van der Waals surface area contributed by atoms with Gasteiger partial charge in [-0.3, -0.25) is 24.0 Å². The molecular weight excluding hydrogens is 737 g/mol. The molecule has 0 aromatic rings. The van der Waals surface area contributed by atoms with Crippen LogP contribution in [0.25, 0.3) is 0 Å². The van der Waals surface area contributed by atoms with E-state index in [2.05, 4.69) is 41.5 Å². The van der Waals surface area contributed by atoms with E-state index in [9.17, 15) is 39.3 Å². The lowest BCUT2D eigenvalue weighted by Gasteiger charge is -2.63. The summed E-state index contributed by atoms with van der Waals surface area (Å²) in [7, 11) is 0. The van der Waals surface area contributed by atoms with Gasteiger partial charge in [-0.1, -0.05) is 41.5 Å². The second-order valence-electron chi connectivity index (χ2n) is 22.3. The zero-order chi connectivity index (χ0) is 42.3. The van der Waals surface area contributed by atoms with Crippen LogP contribution in [0.15, 0.2) is 0 Å². The maximum absolute atomic E-state index is 13.6. The van der Waals surface area contributed by atoms with E-state index < -0.39 is 23.5 Å². The zero-order valence-corrected chi connectivity index (χ0v) is 36.2. The number of aliphatic carboxylic acids is 2. The minimum absolute atomic E-state index is 0.0659. The van der Waals surface area contributed by atoms with Gasteiger partial charge in [0.25, 0.3) is 0 Å². The van der Waals surface area contributed by atoms with Gasteiger partial charge in [-0.2, -0.15) is 0 Å². The number of rotatable bonds is 8. The normalized spacial score (nSPS) is 49.1. The molecule has 0 spiro atoms. The number of hydrogen-bond donors (Lipinski definition) is 5. The highest BCUT2D eigenvalue weighted by Gasteiger charge is 2.67. The summed E-state index contributed by atoms with van der Waals surface area (Å²) in [6.45, 7) is 13.1. The van der Waals surface area contributed by atoms with E-state index in [1.54, 1.807) is 0 Å². The van der Waals surface area contributed by atoms with Crippen molar-refractivity contribution in [1.82, 2.24) is 0 Å². The third kappa shape index (κ3) is 7.06. The van der Waals surface area contributed by atoms with Crippen molar-refractivity contribution >= 4 is 29.3 Å². The van der Waals surface area contributed by atoms with Crippen molar-refractivity contribution in [2.45, 2.75) is 175 Å². The Hall–Kier alpha value is -2.17. The van der Waals surface area contributed by atoms with Crippen LogP contribution in [0.2, 0.25) is 0 Å². The monoisotopic (exact) mass is 811 g/mol. The molecule has 8 saturated carbocycles. The molecule has 10 nitrogen and oxygen atoms in total. The van der Waals surface area contributed by atoms with Crippen molar-refractivity contribution in [3.63, 3.8) is 0 Å². The second kappa shape index (κ2) is 15.9. The summed E-state index contributed by atoms with van der Waals surface area (Å²) < 4.78 is 0. The summed E-state index contributed by atoms with van der Waals surface area (Å²) >= 11 is 0. The number of ketones is 3. The Morgan fingerprint density at radius 3 is 1.93 bits per heavy atom. The molecule has 326 valence electrons. The standard InChI is InChI=1S/C24H40O5.C24H34O5/c2*1-13(4-7-21(28)29)16-5-6-17-22-18(12-20(27)24(16,17)3)23(2)9-8-15(25)10-14(23)11-19(22)26/h13-20,22,25-27H,4-12H2,1-3H3,(H,28,29);13-14,16-18,22H,4-12H2,1-3H3,(H,28,29)/t13-,14+,15-,16-,17+,18+,19-,20+,22+,23+,24-;13-,14+,16-,17+,18+,22+,23+,24-/m11/s1. The fourth-order valence-electron chi connectivity index (χ4n) is 16.6. The van der Waals surface area contributed by atoms with E-state index in [1.165, 1.54) is 0 Å². The number of fused-ring (bicyclic) bond motifs is 10. The van der Waals surface area contributed by atoms with Gasteiger partial charge in [-0.15, -0.1) is 0 Å². The molecule has 0 amide bonds. The fourth-order valence-corrected chi connectivity index (χ4v) is 16.6. The average molecular weight is 811 g/mol. The quantitative estimate of drug-likeness (QED) is 0.164. The van der Waals surface area contributed by atoms with Crippen molar-refractivity contribution in [1.29, 1.82) is 0 Å². The molecular formula is C48H74O10. The van der Waals surface area contributed by atoms with Crippen molar-refractivity contribution in [3.05, 3.63) is 0 Å². The lowest BCUT2D eigenvalue weighted by molar-refractivity contribution is -0.207. The van der Waals surface area contributed by atoms with Crippen molar-refractivity contribution < 1.29 is 49.5 Å². The van der Waals surface area contributed by atoms with Crippen LogP contribution in [-0.2, 0) is 24.0 Å². The van der Waals surface area contributed by atoms with Crippen LogP contribution in [-0.4, -0.2) is 73.1 Å². The van der Waals surface area contributed by atoms with Crippen molar-refractivity contribution in [2.75, 3.05) is 0 Å². The van der Waals surface area contributed by atoms with Crippen molar-refractivity contribution in [3.8, 4) is 0 Å². The van der Waals surface area contributed by atoms with Crippen LogP contribution in [0, 0.1) is 92.7 Å². The Morgan fingerprint density at radius 1 is 0.672 bits per heavy atom. The average Bonchev–Trinajstić information content (AvgIpc) is 3.70. The fraction of sp³-hybridized carbons (Fsp3) is 0.896. The Labute approximate surface area is 346 Å². The third-order valence-corrected chi connectivity index (χ3v) is 20.1. The zero-order valence-electron chi connectivity index (χ0n) is 36.2. The molecule has 8 aliphatic carbocycles. The summed E-state index contributed by atoms with van der Waals surface area (Å²) in [5, 5.41) is 51.1. The molecule has 8 rings (SSSR count). The Morgan fingerprint density at radius 2 is 1.28 bits per heavy atom. The summed E-state index contributed by atoms with van der Waals surface area (Å²) in [6.07, 6.45) is 11.3. The predicted octanol–water partition coefficient (Wildman–Crippen LogP) is 7.52. The molecule has 0 aliphatic heterocycles. The van der Waals surface area contributed by atoms with Crippen LogP contribution in [0.4, 0.5) is 0 Å². The van der Waals surface area contributed by atoms with E-state index in [1.807, 2.05) is 0 Å². The number of aliphatic hydroxyl groups is 3. The van der Waals surface area contributed by atoms with Gasteiger partial charge in [-0.25, -0.2) is 0 Å². The number of aliphatic hydroxyl groups excluding tert-OH is 3. The van der Waals surface area contributed by atoms with Crippen molar-refractivity contribution in [2.24, 2.45) is 92.7 Å². The minimum atomic E-state index is -0.792. The van der Waals surface area contributed by atoms with Crippen LogP contribution in [0.1, 0.15) is 157 Å². The molecule has 10 heteroatoms. The van der Waals surface area contributed by atoms with Gasteiger partial charge in [0.05, 0.1) is 18.3 Å². The van der Waals surface area contributed by atoms with E-state index in [-0.39, 0.29) is 106 Å². The lowest BCUT2D eigenvalue weighted by Crippen LogP contribution is -2.62. The van der Waals surface area contributed by atoms with Crippen LogP contribution < -0.4 is 0 Å². The van der Waals surface area contributed by atoms with E-state index in [0.717, 1.165) is 64.2 Å². The first-order valence-electron chi connectivity index (χ1n) is 23.2. The summed E-state index contributed by atoms with van der Waals surface area (Å²) in [4.78, 5) is 61.0. The summed E-state index contributed by atoms with van der Waals surface area (Å²) in [5.74, 6) is 1.52. The van der Waals surface area contributed by atoms with Gasteiger partial charge in [0.2, 0.25) is 0 Å². The molecule has 8 fully saturated rings. The Balaban J connectivity index is 0.000000177. The van der Waals surface area contributed by atoms with Crippen LogP contribution in [0.5, 0.6) is 0 Å². The molecule has 5 N–H and O–H groups in total. The highest BCUT2D eigenvalue weighted by Crippen LogP contribution is 2.69. The maximum atomic E-state index is 13.6. The Kier molecular flexibility index (Phi) is 12.1. The molecule has 0 bridgehead atoms. The first-order valence-corrected chi connectivity index (χ1v) is 23.2. The minimum Gasteiger partial charge on any atom is -0.481 e. The first-order chi connectivity index (χ1) is 27.2. The Bertz CT molecular complexity index is 1630. The summed E-state index contributed by atoms with van der Waals surface area (Å²) in [5.41, 5.74) is -0.741. The van der Waals surface area contributed by atoms with E-state index in [0.29, 0.717) is 62.2 Å². The van der Waals surface area contributed by atoms with Crippen LogP contribution in [0.3, 0.4) is 0 Å². The number of Topliss-reactive ketones (excluding diaryl/α,β-unsaturated/α-hetero) is 3. The number of hydrogen-bond acceptors (Lipinski definition) is 8. The molecule has 0 unspecified atom stereocenters. The SMILES string of the molecule is C[C@H](CCC(=O)O)[C@H]1CC[C@H]2[C@@H]3C(=O)C[C@@H]4CC(=O)CC[C@]4(C)[C@H]3CC(=O)[C@]12C.C[C@H](CCC(=O)O)[C@H]1CC[C@H]2[C@@H]3[C@H](O)C[C@@H]4C[C@H](O)CC[C@]4(C)[C@H]3C[C@H](O)[C@]12C. The molecule has 0 aromatic carbocycles. The van der Waals surface area contributed by atoms with E-state index >= 15 is 0 Å². The third-order valence-electron chi connectivity index (χ3n) is 20.1. The molecule has 0 saturated heterocycles. The molecule has 8 aliphatic rings. The van der Waals surface area contributed by atoms with Gasteiger partial charge in [-0.05, 0) is 158 Å². The molecule has 19 atom stereocenters. The van der Waals surface area contributed by atoms with Gasteiger partial charge in [0.15, 0.2) is 0 Å². The number of carboxylic acid groups (broad SMARTS) is 2. The molecule has 58 heavy (non-hydrogen) atoms. The van der Waals surface area contributed by atoms with Gasteiger partial charge >= 0.3 is 11.9 Å². The second-order valence-corrected chi connectivity index (χ2v) is 22.3. The largest absolute Gasteiger partial charge is 0.481 e. The van der Waals surface area contributed by atoms with E-state index in [4.69, 9.17) is 10.2 Å². The lowest BCUT2D eigenvalue weighted by atomic mass is 9.43. The molecule has 0 radical (unpaired) electrons. The molecule has 0 heterocycles. The highest BCUT2D eigenvalue weighted by molar-refractivity contribution is 5.93. The first kappa shape index (κ1) is 43.9. The van der Waals surface area contributed by atoms with Crippen LogP contribution >= 0.6 is 0 Å². The smallest absolute Gasteiger partial charge is 0.303 e. The highest BCUT2D eigenvalue weighted by atomic mass is 16.4.